The minimum Gasteiger partial charge on any atom is -0.496 e. The van der Waals surface area contributed by atoms with Crippen LogP contribution < -0.4 is 9.47 Å². The second-order valence-electron chi connectivity index (χ2n) is 7.73. The molecule has 0 saturated heterocycles. The zero-order chi connectivity index (χ0) is 21.5. The maximum atomic E-state index is 13.9. The third kappa shape index (κ3) is 5.84. The topological polar surface area (TPSA) is 30.9 Å². The van der Waals surface area contributed by atoms with Crippen LogP contribution in [0.1, 0.15) is 22.3 Å². The Hall–Kier alpha value is -2.89. The van der Waals surface area contributed by atoms with E-state index >= 15 is 0 Å². The molecule has 1 aliphatic rings. The molecule has 0 aromatic heterocycles. The van der Waals surface area contributed by atoms with Gasteiger partial charge in [0, 0.05) is 37.2 Å². The van der Waals surface area contributed by atoms with Crippen molar-refractivity contribution in [2.24, 2.45) is 0 Å². The van der Waals surface area contributed by atoms with Gasteiger partial charge in [-0.25, -0.2) is 4.39 Å². The summed E-state index contributed by atoms with van der Waals surface area (Å²) in [4.78, 5) is 2.36. The molecule has 162 valence electrons. The largest absolute Gasteiger partial charge is 0.496 e. The van der Waals surface area contributed by atoms with E-state index in [-0.39, 0.29) is 5.82 Å². The van der Waals surface area contributed by atoms with Crippen molar-refractivity contribution < 1.29 is 18.6 Å². The van der Waals surface area contributed by atoms with Crippen LogP contribution in [0.25, 0.3) is 0 Å². The highest BCUT2D eigenvalue weighted by Gasteiger charge is 2.13. The summed E-state index contributed by atoms with van der Waals surface area (Å²) in [7, 11) is 1.70. The lowest BCUT2D eigenvalue weighted by molar-refractivity contribution is 0.0755. The summed E-state index contributed by atoms with van der Waals surface area (Å²) >= 11 is 0. The van der Waals surface area contributed by atoms with Crippen LogP contribution >= 0.6 is 0 Å². The molecule has 1 aliphatic heterocycles. The van der Waals surface area contributed by atoms with Crippen molar-refractivity contribution in [3.8, 4) is 11.5 Å². The summed E-state index contributed by atoms with van der Waals surface area (Å²) in [5.41, 5.74) is 4.34. The van der Waals surface area contributed by atoms with Gasteiger partial charge in [0.15, 0.2) is 0 Å². The van der Waals surface area contributed by atoms with Gasteiger partial charge in [-0.1, -0.05) is 42.5 Å². The van der Waals surface area contributed by atoms with Crippen LogP contribution in [-0.4, -0.2) is 38.4 Å². The second-order valence-corrected chi connectivity index (χ2v) is 7.73. The van der Waals surface area contributed by atoms with Gasteiger partial charge in [-0.2, -0.15) is 0 Å². The highest BCUT2D eigenvalue weighted by molar-refractivity contribution is 5.39. The average Bonchev–Trinajstić information content (AvgIpc) is 2.77. The molecule has 3 aromatic carbocycles. The van der Waals surface area contributed by atoms with Crippen molar-refractivity contribution in [3.63, 3.8) is 0 Å². The first-order valence-corrected chi connectivity index (χ1v) is 10.6. The summed E-state index contributed by atoms with van der Waals surface area (Å²) < 4.78 is 31.1. The minimum absolute atomic E-state index is 0.251. The van der Waals surface area contributed by atoms with E-state index in [1.54, 1.807) is 19.2 Å². The van der Waals surface area contributed by atoms with Gasteiger partial charge >= 0.3 is 0 Å². The summed E-state index contributed by atoms with van der Waals surface area (Å²) in [6.07, 6.45) is 0.619. The second kappa shape index (κ2) is 10.4. The Bertz CT molecular complexity index is 1010. The van der Waals surface area contributed by atoms with E-state index < -0.39 is 0 Å². The molecule has 0 spiro atoms. The summed E-state index contributed by atoms with van der Waals surface area (Å²) in [6, 6.07) is 21.3. The molecule has 0 saturated carbocycles. The molecule has 3 aromatic rings. The predicted molar refractivity (Wildman–Crippen MR) is 119 cm³/mol. The molecule has 31 heavy (non-hydrogen) atoms. The molecular weight excluding hydrogens is 393 g/mol. The zero-order valence-electron chi connectivity index (χ0n) is 17.9. The van der Waals surface area contributed by atoms with E-state index in [0.29, 0.717) is 32.0 Å². The van der Waals surface area contributed by atoms with Gasteiger partial charge in [0.05, 0.1) is 20.3 Å². The quantitative estimate of drug-likeness (QED) is 0.606. The summed E-state index contributed by atoms with van der Waals surface area (Å²) in [5, 5.41) is 0. The molecular formula is C26H28FNO3. The smallest absolute Gasteiger partial charge is 0.123 e. The molecule has 2 bridgehead atoms. The van der Waals surface area contributed by atoms with E-state index in [0.717, 1.165) is 42.1 Å². The van der Waals surface area contributed by atoms with Crippen LogP contribution in [0.3, 0.4) is 0 Å². The lowest BCUT2D eigenvalue weighted by atomic mass is 10.0. The normalized spacial score (nSPS) is 15.4. The lowest BCUT2D eigenvalue weighted by Gasteiger charge is -2.24. The van der Waals surface area contributed by atoms with Gasteiger partial charge in [0.2, 0.25) is 0 Å². The molecule has 0 N–H and O–H groups in total. The standard InChI is InChI=1S/C26H28FNO3/c1-29-25-8-3-2-7-22(25)19-28-11-12-30-13-14-31-26-10-9-24(27)17-23(26)16-20-5-4-6-21(15-20)18-28/h2-10,15,17H,11-14,16,18-19H2,1H3. The summed E-state index contributed by atoms with van der Waals surface area (Å²) in [6.45, 7) is 3.89. The van der Waals surface area contributed by atoms with E-state index in [1.165, 1.54) is 11.6 Å². The first kappa shape index (κ1) is 21.3. The molecule has 0 aliphatic carbocycles. The fraction of sp³-hybridized carbons (Fsp3) is 0.308. The average molecular weight is 422 g/mol. The van der Waals surface area contributed by atoms with Crippen molar-refractivity contribution in [2.75, 3.05) is 33.5 Å². The van der Waals surface area contributed by atoms with Gasteiger partial charge in [-0.3, -0.25) is 4.90 Å². The Morgan fingerprint density at radius 1 is 0.935 bits per heavy atom. The first-order chi connectivity index (χ1) is 15.2. The monoisotopic (exact) mass is 421 g/mol. The van der Waals surface area contributed by atoms with Crippen LogP contribution in [-0.2, 0) is 24.2 Å². The van der Waals surface area contributed by atoms with E-state index in [4.69, 9.17) is 14.2 Å². The highest BCUT2D eigenvalue weighted by Crippen LogP contribution is 2.25. The molecule has 4 nitrogen and oxygen atoms in total. The third-order valence-corrected chi connectivity index (χ3v) is 5.44. The number of methoxy groups -OCH3 is 1. The number of nitrogens with zero attached hydrogens (tertiary/aromatic N) is 1. The minimum atomic E-state index is -0.251. The fourth-order valence-electron chi connectivity index (χ4n) is 3.94. The number of para-hydroxylation sites is 1. The number of hydrogen-bond donors (Lipinski definition) is 0. The number of fused-ring (bicyclic) bond motifs is 3. The Kier molecular flexibility index (Phi) is 7.18. The van der Waals surface area contributed by atoms with E-state index in [1.807, 2.05) is 18.2 Å². The van der Waals surface area contributed by atoms with Gasteiger partial charge < -0.3 is 14.2 Å². The molecule has 4 rings (SSSR count). The van der Waals surface area contributed by atoms with Crippen LogP contribution in [0.5, 0.6) is 11.5 Å². The number of benzene rings is 3. The van der Waals surface area contributed by atoms with Crippen molar-refractivity contribution in [2.45, 2.75) is 19.5 Å². The van der Waals surface area contributed by atoms with Gasteiger partial charge in [-0.15, -0.1) is 0 Å². The van der Waals surface area contributed by atoms with Gasteiger partial charge in [0.1, 0.15) is 23.9 Å². The van der Waals surface area contributed by atoms with Crippen LogP contribution in [0.15, 0.2) is 66.7 Å². The van der Waals surface area contributed by atoms with Crippen molar-refractivity contribution in [3.05, 3.63) is 94.8 Å². The van der Waals surface area contributed by atoms with Crippen molar-refractivity contribution >= 4 is 0 Å². The molecule has 5 heteroatoms. The number of hydrogen-bond acceptors (Lipinski definition) is 4. The van der Waals surface area contributed by atoms with Crippen molar-refractivity contribution in [1.29, 1.82) is 0 Å². The Labute approximate surface area is 183 Å². The predicted octanol–water partition coefficient (Wildman–Crippen LogP) is 4.84. The Morgan fingerprint density at radius 2 is 1.81 bits per heavy atom. The van der Waals surface area contributed by atoms with Crippen molar-refractivity contribution in [1.82, 2.24) is 4.90 Å². The number of halogens is 1. The number of ether oxygens (including phenoxy) is 3. The Balaban J connectivity index is 1.59. The zero-order valence-corrected chi connectivity index (χ0v) is 17.9. The molecule has 1 heterocycles. The first-order valence-electron chi connectivity index (χ1n) is 10.6. The summed E-state index contributed by atoms with van der Waals surface area (Å²) in [5.74, 6) is 1.35. The molecule has 0 amide bonds. The van der Waals surface area contributed by atoms with Crippen LogP contribution in [0.4, 0.5) is 4.39 Å². The number of rotatable bonds is 3. The molecule has 0 fully saturated rings. The van der Waals surface area contributed by atoms with E-state index in [9.17, 15) is 4.39 Å². The molecule has 0 radical (unpaired) electrons. The van der Waals surface area contributed by atoms with Crippen LogP contribution in [0, 0.1) is 5.82 Å². The van der Waals surface area contributed by atoms with Crippen LogP contribution in [0.2, 0.25) is 0 Å². The lowest BCUT2D eigenvalue weighted by Crippen LogP contribution is -2.28. The maximum Gasteiger partial charge on any atom is 0.123 e. The fourth-order valence-corrected chi connectivity index (χ4v) is 3.94. The molecule has 0 unspecified atom stereocenters. The molecule has 0 atom stereocenters. The Morgan fingerprint density at radius 3 is 2.71 bits per heavy atom. The third-order valence-electron chi connectivity index (χ3n) is 5.44. The van der Waals surface area contributed by atoms with Gasteiger partial charge in [-0.05, 0) is 35.4 Å². The maximum absolute atomic E-state index is 13.9. The SMILES string of the molecule is COc1ccccc1CN1CCOCCOc2ccc(F)cc2Cc2cccc(c2)C1. The van der Waals surface area contributed by atoms with E-state index in [2.05, 4.69) is 35.2 Å². The highest BCUT2D eigenvalue weighted by atomic mass is 19.1. The van der Waals surface area contributed by atoms with Gasteiger partial charge in [0.25, 0.3) is 0 Å².